The number of benzene rings is 3. The number of Topliss-reactive ketones (excluding diaryl/α,β-unsaturated/α-hetero) is 1. The van der Waals surface area contributed by atoms with Crippen molar-refractivity contribution in [1.29, 1.82) is 0 Å². The Morgan fingerprint density at radius 2 is 1.49 bits per heavy atom. The number of amides is 3. The summed E-state index contributed by atoms with van der Waals surface area (Å²) in [5.74, 6) is -1.27. The first kappa shape index (κ1) is 45.0. The Bertz CT molecular complexity index is 2270. The third-order valence-corrected chi connectivity index (χ3v) is 12.0. The van der Waals surface area contributed by atoms with Gasteiger partial charge in [-0.3, -0.25) is 23.7 Å². The van der Waals surface area contributed by atoms with E-state index in [0.717, 1.165) is 77.1 Å². The number of ketones is 1. The van der Waals surface area contributed by atoms with E-state index in [1.54, 1.807) is 9.80 Å². The van der Waals surface area contributed by atoms with Gasteiger partial charge in [0.25, 0.3) is 16.0 Å². The Morgan fingerprint density at radius 3 is 2.15 bits per heavy atom. The van der Waals surface area contributed by atoms with Crippen molar-refractivity contribution >= 4 is 50.3 Å². The predicted molar refractivity (Wildman–Crippen MR) is 232 cm³/mol. The maximum absolute atomic E-state index is 14.4. The number of rotatable bonds is 19. The molecule has 3 aliphatic rings. The second kappa shape index (κ2) is 20.7. The lowest BCUT2D eigenvalue weighted by Gasteiger charge is -2.35. The van der Waals surface area contributed by atoms with Gasteiger partial charge in [-0.1, -0.05) is 31.5 Å². The molecule has 14 heteroatoms. The third-order valence-electron chi connectivity index (χ3n) is 11.2. The van der Waals surface area contributed by atoms with Gasteiger partial charge in [-0.2, -0.15) is 8.42 Å². The van der Waals surface area contributed by atoms with Gasteiger partial charge in [-0.25, -0.2) is 4.58 Å². The highest BCUT2D eigenvalue weighted by atomic mass is 32.2. The molecule has 2 N–H and O–H groups in total. The first-order valence-electron chi connectivity index (χ1n) is 21.1. The number of piperazine rings is 1. The molecule has 59 heavy (non-hydrogen) atoms. The number of hydrogen-bond acceptors (Lipinski definition) is 8. The molecule has 13 nitrogen and oxygen atoms in total. The fraction of sp³-hybridized carbons (Fsp3) is 0.489. The van der Waals surface area contributed by atoms with Crippen molar-refractivity contribution in [2.75, 3.05) is 63.0 Å². The number of hydrogen-bond donors (Lipinski definition) is 2. The van der Waals surface area contributed by atoms with Crippen LogP contribution in [0.1, 0.15) is 89.9 Å². The van der Waals surface area contributed by atoms with Crippen molar-refractivity contribution in [3.63, 3.8) is 0 Å². The molecule has 1 saturated heterocycles. The molecule has 318 valence electrons. The fourth-order valence-corrected chi connectivity index (χ4v) is 8.57. The van der Waals surface area contributed by atoms with E-state index >= 15 is 0 Å². The summed E-state index contributed by atoms with van der Waals surface area (Å²) in [6.45, 7) is 15.3. The first-order chi connectivity index (χ1) is 28.3. The van der Waals surface area contributed by atoms with Crippen LogP contribution in [0.4, 0.5) is 5.69 Å². The summed E-state index contributed by atoms with van der Waals surface area (Å²) < 4.78 is 41.1. The lowest BCUT2D eigenvalue weighted by atomic mass is 9.90. The van der Waals surface area contributed by atoms with Crippen LogP contribution < -0.4 is 20.1 Å². The number of anilines is 1. The number of fused-ring (bicyclic) bond motifs is 2. The summed E-state index contributed by atoms with van der Waals surface area (Å²) in [7, 11) is -4.47. The number of nitrogens with zero attached hydrogens (tertiary/aromatic N) is 4. The number of carbonyl (C=O) groups is 4. The molecule has 2 aromatic rings. The molecule has 2 aromatic carbocycles. The monoisotopic (exact) mass is 830 g/mol. The lowest BCUT2D eigenvalue weighted by Crippen LogP contribution is -2.50. The van der Waals surface area contributed by atoms with Crippen molar-refractivity contribution in [2.45, 2.75) is 85.6 Å². The second-order valence-corrected chi connectivity index (χ2v) is 16.5. The molecule has 0 spiro atoms. The molecule has 1 fully saturated rings. The minimum Gasteiger partial charge on any atom is -0.456 e. The predicted octanol–water partition coefficient (Wildman–Crippen LogP) is 5.84. The maximum atomic E-state index is 14.4. The van der Waals surface area contributed by atoms with Gasteiger partial charge >= 0.3 is 0 Å². The summed E-state index contributed by atoms with van der Waals surface area (Å²) in [5.41, 5.74) is 5.04. The van der Waals surface area contributed by atoms with Gasteiger partial charge in [0, 0.05) is 98.4 Å². The van der Waals surface area contributed by atoms with E-state index in [4.69, 9.17) is 4.42 Å². The van der Waals surface area contributed by atoms with Crippen molar-refractivity contribution in [2.24, 2.45) is 0 Å². The highest BCUT2D eigenvalue weighted by molar-refractivity contribution is 7.85. The van der Waals surface area contributed by atoms with E-state index < -0.39 is 33.6 Å². The summed E-state index contributed by atoms with van der Waals surface area (Å²) in [4.78, 5) is 58.4. The van der Waals surface area contributed by atoms with Crippen molar-refractivity contribution in [1.82, 2.24) is 19.7 Å². The van der Waals surface area contributed by atoms with Gasteiger partial charge < -0.3 is 24.4 Å². The molecule has 2 aliphatic heterocycles. The van der Waals surface area contributed by atoms with E-state index in [0.29, 0.717) is 51.0 Å². The van der Waals surface area contributed by atoms with E-state index in [9.17, 15) is 32.1 Å². The largest absolute Gasteiger partial charge is 0.456 e. The topological polar surface area (TPSA) is 161 Å². The Balaban J connectivity index is 1.28. The van der Waals surface area contributed by atoms with Crippen molar-refractivity contribution in [3.8, 4) is 22.5 Å². The van der Waals surface area contributed by atoms with Gasteiger partial charge in [0.05, 0.1) is 6.07 Å². The fourth-order valence-electron chi connectivity index (χ4n) is 7.88. The normalized spacial score (nSPS) is 13.7. The number of unbranched alkanes of at least 4 members (excludes halogenated alkanes) is 2. The molecule has 0 bridgehead atoms. The molecule has 1 aliphatic carbocycles. The highest BCUT2D eigenvalue weighted by Gasteiger charge is 2.29. The average molecular weight is 831 g/mol. The van der Waals surface area contributed by atoms with Crippen LogP contribution >= 0.6 is 0 Å². The molecule has 5 rings (SSSR count). The van der Waals surface area contributed by atoms with Gasteiger partial charge in [0.1, 0.15) is 36.2 Å². The van der Waals surface area contributed by atoms with Crippen LogP contribution in [0.25, 0.3) is 33.4 Å². The van der Waals surface area contributed by atoms with Crippen LogP contribution in [0.15, 0.2) is 65.1 Å². The van der Waals surface area contributed by atoms with Gasteiger partial charge in [0.15, 0.2) is 5.78 Å². The Morgan fingerprint density at radius 1 is 0.814 bits per heavy atom. The Hall–Kier alpha value is -5.08. The molecular formula is C45H60N5O8S+. The van der Waals surface area contributed by atoms with E-state index in [2.05, 4.69) is 78.9 Å². The first-order valence-corrected chi connectivity index (χ1v) is 22.7. The molecule has 1 unspecified atom stereocenters. The van der Waals surface area contributed by atoms with E-state index in [1.165, 1.54) is 0 Å². The molecule has 2 heterocycles. The third kappa shape index (κ3) is 11.4. The van der Waals surface area contributed by atoms with Crippen molar-refractivity contribution in [3.05, 3.63) is 71.6 Å². The zero-order valence-electron chi connectivity index (χ0n) is 35.2. The van der Waals surface area contributed by atoms with Crippen LogP contribution in [-0.2, 0) is 24.5 Å². The standard InChI is InChI=1S/C45H59N5O8S/c1-6-11-18-39(51)38(31-59(55,56)57)46-42(52)19-14-15-20-43(53)49-25-27-50(28-26-49)45(54)35-17-13-12-16-34(35)44-36-23-21-32(47(7-2)8-3)29-40(36)58-41-30-33(22-24-37(41)44)48(9-4)10-5/h12-13,16-17,21-24,29-30,38H,6-11,14-15,18-20,25-28,31H2,1-5H3,(H-,46,52,55,56,57)/p+1. The zero-order chi connectivity index (χ0) is 42.7. The van der Waals surface area contributed by atoms with E-state index in [1.807, 2.05) is 31.2 Å². The average Bonchev–Trinajstić information content (AvgIpc) is 3.23. The summed E-state index contributed by atoms with van der Waals surface area (Å²) in [5, 5.41) is 4.43. The Labute approximate surface area is 348 Å². The van der Waals surface area contributed by atoms with Gasteiger partial charge in [0.2, 0.25) is 17.2 Å². The molecule has 3 amide bonds. The highest BCUT2D eigenvalue weighted by Crippen LogP contribution is 2.42. The second-order valence-electron chi connectivity index (χ2n) is 15.0. The van der Waals surface area contributed by atoms with Gasteiger partial charge in [-0.15, -0.1) is 0 Å². The smallest absolute Gasteiger partial charge is 0.267 e. The Kier molecular flexibility index (Phi) is 15.8. The summed E-state index contributed by atoms with van der Waals surface area (Å²) >= 11 is 0. The maximum Gasteiger partial charge on any atom is 0.267 e. The lowest BCUT2D eigenvalue weighted by molar-refractivity contribution is -0.133. The minimum atomic E-state index is -4.47. The molecule has 0 aromatic heterocycles. The molecule has 1 atom stereocenters. The minimum absolute atomic E-state index is 0.00621. The zero-order valence-corrected chi connectivity index (χ0v) is 36.0. The van der Waals surface area contributed by atoms with Crippen LogP contribution in [0, 0.1) is 0 Å². The molecule has 0 radical (unpaired) electrons. The van der Waals surface area contributed by atoms with Crippen molar-refractivity contribution < 1.29 is 36.6 Å². The number of nitrogens with one attached hydrogen (secondary N) is 1. The van der Waals surface area contributed by atoms with Crippen LogP contribution in [0.2, 0.25) is 0 Å². The van der Waals surface area contributed by atoms with Crippen LogP contribution in [0.5, 0.6) is 0 Å². The number of carbonyl (C=O) groups excluding carboxylic acids is 4. The summed E-state index contributed by atoms with van der Waals surface area (Å²) in [6, 6.07) is 19.0. The molecular weight excluding hydrogens is 771 g/mol. The summed E-state index contributed by atoms with van der Waals surface area (Å²) in [6.07, 6.45) is 2.37. The van der Waals surface area contributed by atoms with Crippen LogP contribution in [-0.4, -0.2) is 110 Å². The van der Waals surface area contributed by atoms with E-state index in [-0.39, 0.29) is 31.1 Å². The quantitative estimate of drug-likeness (QED) is 0.0513. The van der Waals surface area contributed by atoms with Gasteiger partial charge in [-0.05, 0) is 76.8 Å². The molecule has 0 saturated carbocycles. The SMILES string of the molecule is CCCCC(=O)C(CS(=O)(=O)O)NC(=O)CCCCC(=O)N1CCN(C(=O)c2ccccc2-c2c3ccc(=[N+](CC)CC)cc-3oc3cc(N(CC)CC)ccc23)CC1. The van der Waals surface area contributed by atoms with Crippen LogP contribution in [0.3, 0.4) is 0 Å².